The van der Waals surface area contributed by atoms with Crippen molar-refractivity contribution in [1.82, 2.24) is 3.97 Å². The summed E-state index contributed by atoms with van der Waals surface area (Å²) in [6.45, 7) is 2.05. The molecule has 1 aromatic carbocycles. The summed E-state index contributed by atoms with van der Waals surface area (Å²) in [6, 6.07) is 3.96. The Morgan fingerprint density at radius 1 is 1.60 bits per heavy atom. The van der Waals surface area contributed by atoms with Crippen molar-refractivity contribution >= 4 is 63.4 Å². The number of benzene rings is 1. The molecule has 0 aliphatic rings. The summed E-state index contributed by atoms with van der Waals surface area (Å²) in [5.41, 5.74) is 3.00. The minimum Gasteiger partial charge on any atom is -0.298 e. The van der Waals surface area contributed by atoms with E-state index in [1.807, 2.05) is 25.3 Å². The van der Waals surface area contributed by atoms with E-state index in [9.17, 15) is 4.79 Å². The van der Waals surface area contributed by atoms with Crippen LogP contribution in [0.1, 0.15) is 15.9 Å². The standard InChI is InChI=1S/C10H7BrINOS/c1-6-4-9(11)8(5-14)7-2-3-13(15-12)10(6)7/h2-5H,1H3. The number of hydrogen-bond acceptors (Lipinski definition) is 2. The van der Waals surface area contributed by atoms with E-state index in [1.54, 1.807) is 9.12 Å². The lowest BCUT2D eigenvalue weighted by atomic mass is 10.1. The molecule has 0 bridgehead atoms. The van der Waals surface area contributed by atoms with Crippen LogP contribution in [0.25, 0.3) is 10.9 Å². The topological polar surface area (TPSA) is 22.0 Å². The smallest absolute Gasteiger partial charge is 0.151 e. The summed E-state index contributed by atoms with van der Waals surface area (Å²) in [6.07, 6.45) is 2.88. The van der Waals surface area contributed by atoms with Crippen molar-refractivity contribution < 1.29 is 4.79 Å². The summed E-state index contributed by atoms with van der Waals surface area (Å²) in [5.74, 6) is 0. The van der Waals surface area contributed by atoms with Gasteiger partial charge in [-0.3, -0.25) is 8.77 Å². The van der Waals surface area contributed by atoms with Crippen LogP contribution in [-0.4, -0.2) is 10.3 Å². The molecule has 78 valence electrons. The number of hydrogen-bond donors (Lipinski definition) is 0. The van der Waals surface area contributed by atoms with Crippen LogP contribution in [0.4, 0.5) is 0 Å². The van der Waals surface area contributed by atoms with Crippen molar-refractivity contribution in [1.29, 1.82) is 0 Å². The quantitative estimate of drug-likeness (QED) is 0.556. The SMILES string of the molecule is Cc1cc(Br)c(C=O)c2ccn(SI)c12. The van der Waals surface area contributed by atoms with E-state index >= 15 is 0 Å². The van der Waals surface area contributed by atoms with E-state index < -0.39 is 0 Å². The van der Waals surface area contributed by atoms with Crippen molar-refractivity contribution in [2.45, 2.75) is 6.92 Å². The van der Waals surface area contributed by atoms with Crippen LogP contribution in [0, 0.1) is 6.92 Å². The molecule has 0 saturated heterocycles. The predicted molar refractivity (Wildman–Crippen MR) is 76.8 cm³/mol. The highest BCUT2D eigenvalue weighted by Crippen LogP contribution is 2.32. The van der Waals surface area contributed by atoms with E-state index in [-0.39, 0.29) is 0 Å². The van der Waals surface area contributed by atoms with Crippen LogP contribution in [0.3, 0.4) is 0 Å². The third-order valence-corrected chi connectivity index (χ3v) is 4.69. The number of carbonyl (C=O) groups excluding carboxylic acids is 1. The molecule has 0 atom stereocenters. The van der Waals surface area contributed by atoms with Gasteiger partial charge in [-0.15, -0.1) is 0 Å². The third kappa shape index (κ3) is 1.85. The van der Waals surface area contributed by atoms with Crippen molar-refractivity contribution in [2.24, 2.45) is 0 Å². The molecule has 0 unspecified atom stereocenters. The molecule has 2 nitrogen and oxygen atoms in total. The van der Waals surface area contributed by atoms with Crippen LogP contribution in [0.15, 0.2) is 22.8 Å². The van der Waals surface area contributed by atoms with Gasteiger partial charge >= 0.3 is 0 Å². The van der Waals surface area contributed by atoms with Crippen LogP contribution in [0.2, 0.25) is 0 Å². The molecule has 0 N–H and O–H groups in total. The zero-order chi connectivity index (χ0) is 11.0. The molecular weight excluding hydrogens is 389 g/mol. The normalized spacial score (nSPS) is 10.9. The first-order valence-electron chi connectivity index (χ1n) is 4.23. The van der Waals surface area contributed by atoms with E-state index in [0.717, 1.165) is 32.8 Å². The molecule has 1 heterocycles. The number of aldehydes is 1. The fourth-order valence-corrected chi connectivity index (χ4v) is 3.71. The van der Waals surface area contributed by atoms with Gasteiger partial charge in [0.2, 0.25) is 0 Å². The number of halogens is 2. The Bertz CT molecular complexity index is 538. The maximum Gasteiger partial charge on any atom is 0.151 e. The Kier molecular flexibility index (Phi) is 3.42. The van der Waals surface area contributed by atoms with Gasteiger partial charge in [0.25, 0.3) is 0 Å². The zero-order valence-electron chi connectivity index (χ0n) is 7.83. The molecule has 2 rings (SSSR count). The molecule has 0 aliphatic carbocycles. The molecule has 0 spiro atoms. The van der Waals surface area contributed by atoms with Gasteiger partial charge in [0.15, 0.2) is 6.29 Å². The van der Waals surface area contributed by atoms with Gasteiger partial charge in [-0.1, -0.05) is 15.9 Å². The maximum absolute atomic E-state index is 11.0. The lowest BCUT2D eigenvalue weighted by Gasteiger charge is -2.05. The average molecular weight is 396 g/mol. The zero-order valence-corrected chi connectivity index (χ0v) is 12.4. The van der Waals surface area contributed by atoms with Gasteiger partial charge < -0.3 is 0 Å². The largest absolute Gasteiger partial charge is 0.298 e. The minimum absolute atomic E-state index is 0.722. The fourth-order valence-electron chi connectivity index (χ4n) is 1.66. The number of aryl methyl sites for hydroxylation is 1. The van der Waals surface area contributed by atoms with Crippen molar-refractivity contribution in [2.75, 3.05) is 0 Å². The van der Waals surface area contributed by atoms with Crippen molar-refractivity contribution in [3.8, 4) is 0 Å². The van der Waals surface area contributed by atoms with Gasteiger partial charge in [0.05, 0.1) is 5.52 Å². The Morgan fingerprint density at radius 2 is 2.33 bits per heavy atom. The van der Waals surface area contributed by atoms with Gasteiger partial charge in [0, 0.05) is 51.9 Å². The van der Waals surface area contributed by atoms with Gasteiger partial charge in [-0.2, -0.15) is 0 Å². The first kappa shape index (κ1) is 11.5. The molecule has 0 amide bonds. The molecule has 2 aromatic rings. The van der Waals surface area contributed by atoms with Crippen LogP contribution >= 0.6 is 46.3 Å². The molecule has 0 aliphatic heterocycles. The second kappa shape index (κ2) is 4.47. The highest BCUT2D eigenvalue weighted by molar-refractivity contribution is 14.2. The maximum atomic E-state index is 11.0. The second-order valence-corrected chi connectivity index (χ2v) is 5.75. The monoisotopic (exact) mass is 395 g/mol. The molecule has 15 heavy (non-hydrogen) atoms. The molecule has 5 heteroatoms. The Labute approximate surface area is 112 Å². The number of nitrogens with zero attached hydrogens (tertiary/aromatic N) is 1. The minimum atomic E-state index is 0.722. The van der Waals surface area contributed by atoms with Gasteiger partial charge in [-0.25, -0.2) is 0 Å². The van der Waals surface area contributed by atoms with Crippen LogP contribution < -0.4 is 0 Å². The van der Waals surface area contributed by atoms with E-state index in [2.05, 4.69) is 41.1 Å². The second-order valence-electron chi connectivity index (χ2n) is 3.18. The van der Waals surface area contributed by atoms with Gasteiger partial charge in [0.1, 0.15) is 0 Å². The molecular formula is C10H7BrINOS. The molecule has 0 saturated carbocycles. The summed E-state index contributed by atoms with van der Waals surface area (Å²) in [7, 11) is 1.60. The first-order chi connectivity index (χ1) is 7.19. The number of aromatic nitrogens is 1. The molecule has 0 fully saturated rings. The molecule has 1 aromatic heterocycles. The number of rotatable bonds is 2. The van der Waals surface area contributed by atoms with E-state index in [1.165, 1.54) is 0 Å². The van der Waals surface area contributed by atoms with E-state index in [4.69, 9.17) is 0 Å². The summed E-state index contributed by atoms with van der Waals surface area (Å²) >= 11 is 5.64. The van der Waals surface area contributed by atoms with Crippen LogP contribution in [0.5, 0.6) is 0 Å². The Balaban J connectivity index is 2.92. The predicted octanol–water partition coefficient (Wildman–Crippen LogP) is 4.37. The number of carbonyl (C=O) groups is 1. The average Bonchev–Trinajstić information content (AvgIpc) is 2.62. The Hall–Kier alpha value is -0.0100. The van der Waals surface area contributed by atoms with Crippen molar-refractivity contribution in [3.63, 3.8) is 0 Å². The van der Waals surface area contributed by atoms with Crippen LogP contribution in [-0.2, 0) is 0 Å². The van der Waals surface area contributed by atoms with Gasteiger partial charge in [-0.05, 0) is 24.6 Å². The third-order valence-electron chi connectivity index (χ3n) is 2.31. The highest BCUT2D eigenvalue weighted by Gasteiger charge is 2.11. The summed E-state index contributed by atoms with van der Waals surface area (Å²) < 4.78 is 2.92. The summed E-state index contributed by atoms with van der Waals surface area (Å²) in [5, 5.41) is 1.00. The fraction of sp³-hybridized carbons (Fsp3) is 0.100. The van der Waals surface area contributed by atoms with E-state index in [0.29, 0.717) is 0 Å². The highest BCUT2D eigenvalue weighted by atomic mass is 127. The summed E-state index contributed by atoms with van der Waals surface area (Å²) in [4.78, 5) is 11.0. The van der Waals surface area contributed by atoms with Crippen molar-refractivity contribution in [3.05, 3.63) is 33.9 Å². The molecule has 0 radical (unpaired) electrons. The lowest BCUT2D eigenvalue weighted by molar-refractivity contribution is 0.112. The lowest BCUT2D eigenvalue weighted by Crippen LogP contribution is -1.89. The first-order valence-corrected chi connectivity index (χ1v) is 8.34. The Morgan fingerprint density at radius 3 is 2.93 bits per heavy atom. The number of fused-ring (bicyclic) bond motifs is 1.